The van der Waals surface area contributed by atoms with Gasteiger partial charge < -0.3 is 10.4 Å². The van der Waals surface area contributed by atoms with Gasteiger partial charge in [-0.25, -0.2) is 0 Å². The molecular weight excluding hydrogens is 190 g/mol. The number of carbonyl (C=O) groups is 1. The molecule has 3 nitrogen and oxygen atoms in total. The fraction of sp³-hybridized carbons (Fsp3) is 0.417. The standard InChI is InChI=1S/C12H15NO2/c14-12(15)6-7-13-11-8-10(11)9-4-2-1-3-5-9/h1-5,10-11,13H,6-8H2,(H,14,15). The zero-order chi connectivity index (χ0) is 10.7. The van der Waals surface area contributed by atoms with Crippen LogP contribution in [0.25, 0.3) is 0 Å². The predicted molar refractivity (Wildman–Crippen MR) is 57.8 cm³/mol. The molecule has 1 saturated carbocycles. The van der Waals surface area contributed by atoms with Crippen molar-refractivity contribution in [3.8, 4) is 0 Å². The van der Waals surface area contributed by atoms with Crippen LogP contribution in [0.4, 0.5) is 0 Å². The first-order valence-corrected chi connectivity index (χ1v) is 5.27. The summed E-state index contributed by atoms with van der Waals surface area (Å²) in [5, 5.41) is 11.7. The molecule has 0 radical (unpaired) electrons. The Morgan fingerprint density at radius 3 is 2.80 bits per heavy atom. The van der Waals surface area contributed by atoms with Gasteiger partial charge in [-0.3, -0.25) is 4.79 Å². The van der Waals surface area contributed by atoms with Crippen molar-refractivity contribution in [1.29, 1.82) is 0 Å². The third-order valence-corrected chi connectivity index (χ3v) is 2.76. The van der Waals surface area contributed by atoms with Gasteiger partial charge in [0, 0.05) is 18.5 Å². The Morgan fingerprint density at radius 2 is 2.13 bits per heavy atom. The fourth-order valence-electron chi connectivity index (χ4n) is 1.85. The Balaban J connectivity index is 1.75. The Kier molecular flexibility index (Phi) is 3.02. The van der Waals surface area contributed by atoms with Gasteiger partial charge in [-0.15, -0.1) is 0 Å². The van der Waals surface area contributed by atoms with E-state index in [-0.39, 0.29) is 6.42 Å². The van der Waals surface area contributed by atoms with E-state index in [0.717, 1.165) is 6.42 Å². The maximum absolute atomic E-state index is 10.3. The molecule has 1 fully saturated rings. The molecule has 1 aromatic carbocycles. The van der Waals surface area contributed by atoms with Crippen LogP contribution >= 0.6 is 0 Å². The van der Waals surface area contributed by atoms with E-state index < -0.39 is 5.97 Å². The normalized spacial score (nSPS) is 23.7. The van der Waals surface area contributed by atoms with E-state index in [1.165, 1.54) is 5.56 Å². The third kappa shape index (κ3) is 2.80. The minimum absolute atomic E-state index is 0.206. The molecule has 2 atom stereocenters. The summed E-state index contributed by atoms with van der Waals surface area (Å²) >= 11 is 0. The lowest BCUT2D eigenvalue weighted by atomic mass is 10.1. The van der Waals surface area contributed by atoms with Crippen LogP contribution in [0.2, 0.25) is 0 Å². The van der Waals surface area contributed by atoms with Crippen LogP contribution in [-0.2, 0) is 4.79 Å². The number of nitrogens with one attached hydrogen (secondary N) is 1. The van der Waals surface area contributed by atoms with Crippen molar-refractivity contribution in [3.63, 3.8) is 0 Å². The van der Waals surface area contributed by atoms with Gasteiger partial charge in [0.05, 0.1) is 6.42 Å². The molecule has 80 valence electrons. The molecule has 1 aliphatic rings. The summed E-state index contributed by atoms with van der Waals surface area (Å²) in [6.07, 6.45) is 1.33. The van der Waals surface area contributed by atoms with Gasteiger partial charge in [-0.1, -0.05) is 30.3 Å². The van der Waals surface area contributed by atoms with E-state index in [4.69, 9.17) is 5.11 Å². The van der Waals surface area contributed by atoms with Crippen molar-refractivity contribution in [1.82, 2.24) is 5.32 Å². The quantitative estimate of drug-likeness (QED) is 0.767. The lowest BCUT2D eigenvalue weighted by molar-refractivity contribution is -0.136. The van der Waals surface area contributed by atoms with E-state index >= 15 is 0 Å². The van der Waals surface area contributed by atoms with E-state index in [0.29, 0.717) is 18.5 Å². The predicted octanol–water partition coefficient (Wildman–Crippen LogP) is 1.61. The molecule has 0 bridgehead atoms. The van der Waals surface area contributed by atoms with Gasteiger partial charge in [0.15, 0.2) is 0 Å². The van der Waals surface area contributed by atoms with Crippen molar-refractivity contribution in [2.24, 2.45) is 0 Å². The third-order valence-electron chi connectivity index (χ3n) is 2.76. The molecule has 0 aliphatic heterocycles. The van der Waals surface area contributed by atoms with Crippen molar-refractivity contribution < 1.29 is 9.90 Å². The number of hydrogen-bond acceptors (Lipinski definition) is 2. The maximum Gasteiger partial charge on any atom is 0.304 e. The first-order valence-electron chi connectivity index (χ1n) is 5.27. The lowest BCUT2D eigenvalue weighted by Gasteiger charge is -2.02. The van der Waals surface area contributed by atoms with Crippen LogP contribution in [-0.4, -0.2) is 23.7 Å². The van der Waals surface area contributed by atoms with Crippen LogP contribution in [0.1, 0.15) is 24.3 Å². The van der Waals surface area contributed by atoms with Crippen LogP contribution in [0.15, 0.2) is 30.3 Å². The fourth-order valence-corrected chi connectivity index (χ4v) is 1.85. The maximum atomic E-state index is 10.3. The van der Waals surface area contributed by atoms with Crippen LogP contribution in [0.3, 0.4) is 0 Å². The van der Waals surface area contributed by atoms with E-state index in [9.17, 15) is 4.79 Å². The van der Waals surface area contributed by atoms with Crippen molar-refractivity contribution in [2.75, 3.05) is 6.54 Å². The Bertz CT molecular complexity index is 337. The van der Waals surface area contributed by atoms with E-state index in [1.54, 1.807) is 0 Å². The number of carboxylic acid groups (broad SMARTS) is 1. The molecule has 2 N–H and O–H groups in total. The summed E-state index contributed by atoms with van der Waals surface area (Å²) in [7, 11) is 0. The summed E-state index contributed by atoms with van der Waals surface area (Å²) in [6, 6.07) is 10.8. The van der Waals surface area contributed by atoms with Crippen molar-refractivity contribution >= 4 is 5.97 Å². The molecule has 15 heavy (non-hydrogen) atoms. The zero-order valence-electron chi connectivity index (χ0n) is 8.52. The summed E-state index contributed by atoms with van der Waals surface area (Å²) in [5.41, 5.74) is 1.35. The summed E-state index contributed by atoms with van der Waals surface area (Å²) in [4.78, 5) is 10.3. The first-order chi connectivity index (χ1) is 7.27. The second-order valence-corrected chi connectivity index (χ2v) is 3.96. The highest BCUT2D eigenvalue weighted by Crippen LogP contribution is 2.40. The molecule has 0 heterocycles. The van der Waals surface area contributed by atoms with Gasteiger partial charge in [0.2, 0.25) is 0 Å². The zero-order valence-corrected chi connectivity index (χ0v) is 8.52. The number of hydrogen-bond donors (Lipinski definition) is 2. The monoisotopic (exact) mass is 205 g/mol. The minimum atomic E-state index is -0.737. The highest BCUT2D eigenvalue weighted by atomic mass is 16.4. The molecule has 0 saturated heterocycles. The van der Waals surface area contributed by atoms with Crippen molar-refractivity contribution in [2.45, 2.75) is 24.8 Å². The van der Waals surface area contributed by atoms with E-state index in [2.05, 4.69) is 17.4 Å². The Labute approximate surface area is 89.1 Å². The smallest absolute Gasteiger partial charge is 0.304 e. The summed E-state index contributed by atoms with van der Waals surface area (Å²) in [6.45, 7) is 0.573. The van der Waals surface area contributed by atoms with Gasteiger partial charge >= 0.3 is 5.97 Å². The summed E-state index contributed by atoms with van der Waals surface area (Å²) in [5.74, 6) is -0.153. The average Bonchev–Trinajstić information content (AvgIpc) is 2.98. The molecule has 1 aromatic rings. The second-order valence-electron chi connectivity index (χ2n) is 3.96. The second kappa shape index (κ2) is 4.45. The highest BCUT2D eigenvalue weighted by Gasteiger charge is 2.37. The van der Waals surface area contributed by atoms with Crippen LogP contribution in [0, 0.1) is 0 Å². The topological polar surface area (TPSA) is 49.3 Å². The molecule has 0 amide bonds. The SMILES string of the molecule is O=C(O)CCNC1CC1c1ccccc1. The van der Waals surface area contributed by atoms with Gasteiger partial charge in [-0.05, 0) is 12.0 Å². The Morgan fingerprint density at radius 1 is 1.40 bits per heavy atom. The molecule has 3 heteroatoms. The molecule has 2 unspecified atom stereocenters. The van der Waals surface area contributed by atoms with Crippen LogP contribution < -0.4 is 5.32 Å². The van der Waals surface area contributed by atoms with Crippen LogP contribution in [0.5, 0.6) is 0 Å². The highest BCUT2D eigenvalue weighted by molar-refractivity contribution is 5.66. The molecular formula is C12H15NO2. The van der Waals surface area contributed by atoms with Gasteiger partial charge in [-0.2, -0.15) is 0 Å². The molecule has 2 rings (SSSR count). The minimum Gasteiger partial charge on any atom is -0.481 e. The van der Waals surface area contributed by atoms with Gasteiger partial charge in [0.25, 0.3) is 0 Å². The number of benzene rings is 1. The number of aliphatic carboxylic acids is 1. The molecule has 0 aromatic heterocycles. The number of carboxylic acids is 1. The summed E-state index contributed by atoms with van der Waals surface area (Å²) < 4.78 is 0. The first kappa shape index (κ1) is 10.2. The lowest BCUT2D eigenvalue weighted by Crippen LogP contribution is -2.21. The van der Waals surface area contributed by atoms with Gasteiger partial charge in [0.1, 0.15) is 0 Å². The number of rotatable bonds is 5. The average molecular weight is 205 g/mol. The molecule has 0 spiro atoms. The largest absolute Gasteiger partial charge is 0.481 e. The molecule has 1 aliphatic carbocycles. The van der Waals surface area contributed by atoms with Crippen molar-refractivity contribution in [3.05, 3.63) is 35.9 Å². The Hall–Kier alpha value is -1.35. The van der Waals surface area contributed by atoms with E-state index in [1.807, 2.05) is 18.2 Å².